The second kappa shape index (κ2) is 21.1. The van der Waals surface area contributed by atoms with E-state index in [0.29, 0.717) is 95.0 Å². The van der Waals surface area contributed by atoms with Crippen molar-refractivity contribution in [1.29, 1.82) is 0 Å². The highest BCUT2D eigenvalue weighted by Crippen LogP contribution is 2.27. The number of urea groups is 1. The number of carbonyl (C=O) groups excluding carboxylic acids is 5. The number of aryl methyl sites for hydroxylation is 2. The third-order valence-corrected chi connectivity index (χ3v) is 12.2. The summed E-state index contributed by atoms with van der Waals surface area (Å²) in [5.74, 6) is -1.16. The summed E-state index contributed by atoms with van der Waals surface area (Å²) in [6.45, 7) is 8.87. The number of anilines is 1. The number of esters is 1. The Morgan fingerprint density at radius 1 is 0.839 bits per heavy atom. The fourth-order valence-corrected chi connectivity index (χ4v) is 8.98. The number of nitrogens with one attached hydrogen (secondary N) is 1. The van der Waals surface area contributed by atoms with Gasteiger partial charge in [-0.15, -0.1) is 0 Å². The molecule has 0 aliphatic carbocycles. The molecule has 0 spiro atoms. The summed E-state index contributed by atoms with van der Waals surface area (Å²) in [4.78, 5) is 89.5. The van der Waals surface area contributed by atoms with Gasteiger partial charge in [-0.25, -0.2) is 14.4 Å². The maximum Gasteiger partial charge on any atom is 0.419 e. The Morgan fingerprint density at radius 3 is 2.16 bits per heavy atom. The Labute approximate surface area is 363 Å². The number of likely N-dealkylation sites (tertiary alicyclic amines) is 2. The standard InChI is InChI=1S/C42H55N7O9.C3H9N/c1-4-56-37(51)10-9-36(50)46-23-21-45(22-24-46)31-12-16-47(17-13-31)39(52)35(27-29-25-28(2)38-34(26-29)57-41(54)44(38)3)58-42(55)48-18-14-32(15-19-48)49-20-11-30-7-5-6-8-33(30)43-40(49)53;1-4(2)3/h5-8,25-26,31-32,35H,4,9-24,27H2,1-3H3,(H,43,53);1-3H3/t35-;/m1./s1. The first-order valence-corrected chi connectivity index (χ1v) is 22.0. The van der Waals surface area contributed by atoms with E-state index in [1.807, 2.05) is 68.2 Å². The molecule has 0 radical (unpaired) electrons. The third-order valence-electron chi connectivity index (χ3n) is 12.2. The minimum absolute atomic E-state index is 0.0351. The summed E-state index contributed by atoms with van der Waals surface area (Å²) in [6, 6.07) is 11.5. The number of amides is 5. The maximum absolute atomic E-state index is 14.3. The molecule has 62 heavy (non-hydrogen) atoms. The number of fused-ring (bicyclic) bond motifs is 2. The van der Waals surface area contributed by atoms with Crippen LogP contribution in [0.2, 0.25) is 0 Å². The van der Waals surface area contributed by atoms with Gasteiger partial charge in [-0.3, -0.25) is 23.9 Å². The van der Waals surface area contributed by atoms with Crippen LogP contribution in [-0.4, -0.2) is 169 Å². The van der Waals surface area contributed by atoms with Crippen LogP contribution in [0.5, 0.6) is 0 Å². The molecule has 5 heterocycles. The van der Waals surface area contributed by atoms with E-state index in [9.17, 15) is 28.8 Å². The molecule has 1 aromatic heterocycles. The van der Waals surface area contributed by atoms with Crippen molar-refractivity contribution in [2.75, 3.05) is 92.0 Å². The van der Waals surface area contributed by atoms with Gasteiger partial charge in [-0.05, 0) is 95.9 Å². The van der Waals surface area contributed by atoms with Crippen molar-refractivity contribution in [3.63, 3.8) is 0 Å². The number of rotatable bonds is 10. The molecule has 2 aromatic carbocycles. The van der Waals surface area contributed by atoms with Crippen molar-refractivity contribution in [1.82, 2.24) is 34.0 Å². The average Bonchev–Trinajstić information content (AvgIpc) is 3.43. The van der Waals surface area contributed by atoms with Gasteiger partial charge in [-0.2, -0.15) is 0 Å². The molecule has 338 valence electrons. The molecule has 1 atom stereocenters. The SMILES string of the molecule is CCOC(=O)CCC(=O)N1CCN(C2CCN(C(=O)[C@@H](Cc3cc(C)c4c(c3)oc(=O)n4C)OC(=O)N3CCC(N4CCc5ccccc5NC4=O)CC3)CC2)CC1.CN(C)C. The van der Waals surface area contributed by atoms with Crippen LogP contribution in [0.1, 0.15) is 62.1 Å². The Morgan fingerprint density at radius 2 is 1.48 bits per heavy atom. The zero-order valence-electron chi connectivity index (χ0n) is 37.2. The number of aromatic nitrogens is 1. The zero-order chi connectivity index (χ0) is 44.5. The number of nitrogens with zero attached hydrogens (tertiary/aromatic N) is 7. The molecule has 1 N–H and O–H groups in total. The highest BCUT2D eigenvalue weighted by molar-refractivity contribution is 5.91. The van der Waals surface area contributed by atoms with Crippen LogP contribution in [0.3, 0.4) is 0 Å². The fourth-order valence-electron chi connectivity index (χ4n) is 8.98. The summed E-state index contributed by atoms with van der Waals surface area (Å²) in [5, 5.41) is 3.04. The van der Waals surface area contributed by atoms with Crippen LogP contribution < -0.4 is 11.1 Å². The van der Waals surface area contributed by atoms with E-state index in [2.05, 4.69) is 10.2 Å². The molecule has 17 heteroatoms. The van der Waals surface area contributed by atoms with E-state index in [-0.39, 0.29) is 55.2 Å². The zero-order valence-corrected chi connectivity index (χ0v) is 37.2. The monoisotopic (exact) mass is 860 g/mol. The van der Waals surface area contributed by atoms with Crippen LogP contribution in [0.4, 0.5) is 15.3 Å². The summed E-state index contributed by atoms with van der Waals surface area (Å²) in [5.41, 5.74) is 4.52. The lowest BCUT2D eigenvalue weighted by atomic mass is 9.99. The Kier molecular flexibility index (Phi) is 15.7. The molecule has 4 aliphatic heterocycles. The quantitative estimate of drug-likeness (QED) is 0.295. The first-order valence-electron chi connectivity index (χ1n) is 22.0. The third kappa shape index (κ3) is 11.5. The molecule has 5 amide bonds. The van der Waals surface area contributed by atoms with Crippen molar-refractivity contribution in [3.8, 4) is 0 Å². The van der Waals surface area contributed by atoms with Gasteiger partial charge in [0.2, 0.25) is 5.91 Å². The van der Waals surface area contributed by atoms with Gasteiger partial charge in [0, 0.05) is 96.6 Å². The smallest absolute Gasteiger partial charge is 0.419 e. The number of ether oxygens (including phenoxy) is 2. The highest BCUT2D eigenvalue weighted by Gasteiger charge is 2.37. The van der Waals surface area contributed by atoms with Crippen LogP contribution in [0, 0.1) is 6.92 Å². The van der Waals surface area contributed by atoms with Crippen molar-refractivity contribution in [2.45, 2.75) is 83.4 Å². The number of piperazine rings is 1. The first kappa shape index (κ1) is 46.1. The lowest BCUT2D eigenvalue weighted by Crippen LogP contribution is -2.56. The summed E-state index contributed by atoms with van der Waals surface area (Å²) in [7, 11) is 7.65. The molecule has 0 saturated carbocycles. The van der Waals surface area contributed by atoms with E-state index in [1.54, 1.807) is 34.7 Å². The normalized spacial score (nSPS) is 18.4. The van der Waals surface area contributed by atoms with Gasteiger partial charge in [0.15, 0.2) is 11.7 Å². The van der Waals surface area contributed by atoms with Crippen LogP contribution in [-0.2, 0) is 43.7 Å². The van der Waals surface area contributed by atoms with Gasteiger partial charge >= 0.3 is 23.8 Å². The summed E-state index contributed by atoms with van der Waals surface area (Å²) in [6.07, 6.45) is 2.06. The number of piperidine rings is 2. The second-order valence-electron chi connectivity index (χ2n) is 17.1. The average molecular weight is 861 g/mol. The number of benzene rings is 2. The molecule has 0 unspecified atom stereocenters. The number of hydrogen-bond acceptors (Lipinski definition) is 11. The number of hydrogen-bond donors (Lipinski definition) is 1. The molecular formula is C45H64N8O9. The van der Waals surface area contributed by atoms with Crippen molar-refractivity contribution in [2.24, 2.45) is 7.05 Å². The van der Waals surface area contributed by atoms with Crippen molar-refractivity contribution >= 4 is 46.7 Å². The van der Waals surface area contributed by atoms with E-state index < -0.39 is 18.0 Å². The molecule has 17 nitrogen and oxygen atoms in total. The molecule has 3 saturated heterocycles. The number of oxazole rings is 1. The van der Waals surface area contributed by atoms with Crippen molar-refractivity contribution < 1.29 is 37.9 Å². The van der Waals surface area contributed by atoms with E-state index in [4.69, 9.17) is 13.9 Å². The molecule has 0 bridgehead atoms. The van der Waals surface area contributed by atoms with Crippen LogP contribution in [0.15, 0.2) is 45.6 Å². The molecule has 4 aliphatic rings. The van der Waals surface area contributed by atoms with Gasteiger partial charge in [-0.1, -0.05) is 24.3 Å². The van der Waals surface area contributed by atoms with Gasteiger partial charge in [0.25, 0.3) is 5.91 Å². The molecular weight excluding hydrogens is 797 g/mol. The summed E-state index contributed by atoms with van der Waals surface area (Å²) < 4.78 is 18.0. The maximum atomic E-state index is 14.3. The largest absolute Gasteiger partial charge is 0.466 e. The van der Waals surface area contributed by atoms with Gasteiger partial charge in [0.1, 0.15) is 0 Å². The predicted molar refractivity (Wildman–Crippen MR) is 234 cm³/mol. The topological polar surface area (TPSA) is 170 Å². The minimum Gasteiger partial charge on any atom is -0.466 e. The number of carbonyl (C=O) groups is 5. The fraction of sp³-hybridized carbons (Fsp3) is 0.600. The molecule has 7 rings (SSSR count). The first-order chi connectivity index (χ1) is 29.7. The lowest BCUT2D eigenvalue weighted by molar-refractivity contribution is -0.146. The minimum atomic E-state index is -1.10. The van der Waals surface area contributed by atoms with Gasteiger partial charge in [0.05, 0.1) is 18.5 Å². The predicted octanol–water partition coefficient (Wildman–Crippen LogP) is 3.70. The van der Waals surface area contributed by atoms with Crippen LogP contribution >= 0.6 is 0 Å². The van der Waals surface area contributed by atoms with E-state index >= 15 is 0 Å². The Balaban J connectivity index is 0.00000154. The van der Waals surface area contributed by atoms with E-state index in [0.717, 1.165) is 36.1 Å². The van der Waals surface area contributed by atoms with Crippen molar-refractivity contribution in [3.05, 3.63) is 63.6 Å². The summed E-state index contributed by atoms with van der Waals surface area (Å²) >= 11 is 0. The molecule has 3 aromatic rings. The Hall–Kier alpha value is -5.42. The second-order valence-corrected chi connectivity index (χ2v) is 17.1. The van der Waals surface area contributed by atoms with E-state index in [1.165, 1.54) is 4.57 Å². The van der Waals surface area contributed by atoms with Gasteiger partial charge < -0.3 is 43.7 Å². The lowest BCUT2D eigenvalue weighted by Gasteiger charge is -2.43. The van der Waals surface area contributed by atoms with Crippen LogP contribution in [0.25, 0.3) is 11.1 Å². The highest BCUT2D eigenvalue weighted by atomic mass is 16.6. The number of para-hydroxylation sites is 1. The Bertz CT molecular complexity index is 2110. The molecule has 3 fully saturated rings.